The fourth-order valence-electron chi connectivity index (χ4n) is 4.07. The number of fused-ring (bicyclic) bond motifs is 1. The highest BCUT2D eigenvalue weighted by atomic mass is 35.5. The normalized spacial score (nSPS) is 10.8. The third-order valence-electron chi connectivity index (χ3n) is 6.30. The monoisotopic (exact) mass is 604 g/mol. The summed E-state index contributed by atoms with van der Waals surface area (Å²) in [7, 11) is 0. The number of hydrogen-bond acceptors (Lipinski definition) is 5. The molecular formula is C35H42ClFN4O2. The SMILES string of the molecule is CC.CC.CCN(CC)CC(O)CNC(=O)c1ccc(C#Cc2c(Nc3ccc(F)cc3)ncc3ccc(Cl)cc23)cc1. The Balaban J connectivity index is 0.00000155. The van der Waals surface area contributed by atoms with E-state index in [0.29, 0.717) is 39.8 Å². The van der Waals surface area contributed by atoms with Crippen LogP contribution in [0.4, 0.5) is 15.9 Å². The molecule has 3 aromatic carbocycles. The van der Waals surface area contributed by atoms with Gasteiger partial charge in [0.1, 0.15) is 11.6 Å². The molecule has 0 saturated heterocycles. The molecule has 1 amide bonds. The number of carbonyl (C=O) groups is 1. The molecule has 0 aliphatic carbocycles. The van der Waals surface area contributed by atoms with Gasteiger partial charge in [-0.3, -0.25) is 4.79 Å². The minimum absolute atomic E-state index is 0.178. The van der Waals surface area contributed by atoms with Crippen LogP contribution in [0.5, 0.6) is 0 Å². The van der Waals surface area contributed by atoms with E-state index in [1.807, 2.05) is 53.7 Å². The van der Waals surface area contributed by atoms with E-state index in [4.69, 9.17) is 11.6 Å². The van der Waals surface area contributed by atoms with Crippen molar-refractivity contribution in [1.29, 1.82) is 0 Å². The number of benzene rings is 3. The fraction of sp³-hybridized carbons (Fsp3) is 0.314. The first-order valence-electron chi connectivity index (χ1n) is 14.8. The Morgan fingerprint density at radius 1 is 0.977 bits per heavy atom. The van der Waals surface area contributed by atoms with Crippen LogP contribution in [0.1, 0.15) is 63.0 Å². The highest BCUT2D eigenvalue weighted by Crippen LogP contribution is 2.28. The van der Waals surface area contributed by atoms with E-state index in [9.17, 15) is 14.3 Å². The molecule has 0 radical (unpaired) electrons. The second-order valence-electron chi connectivity index (χ2n) is 9.02. The highest BCUT2D eigenvalue weighted by Gasteiger charge is 2.12. The number of halogens is 2. The number of aliphatic hydroxyl groups excluding tert-OH is 1. The number of carbonyl (C=O) groups excluding carboxylic acids is 1. The van der Waals surface area contributed by atoms with Crippen LogP contribution in [0.3, 0.4) is 0 Å². The Bertz CT molecular complexity index is 1500. The summed E-state index contributed by atoms with van der Waals surface area (Å²) in [5, 5.41) is 18.5. The van der Waals surface area contributed by atoms with E-state index in [-0.39, 0.29) is 18.3 Å². The molecule has 4 aromatic rings. The molecule has 3 N–H and O–H groups in total. The molecule has 1 unspecified atom stereocenters. The molecule has 8 heteroatoms. The zero-order valence-corrected chi connectivity index (χ0v) is 26.6. The van der Waals surface area contributed by atoms with Crippen molar-refractivity contribution in [3.63, 3.8) is 0 Å². The lowest BCUT2D eigenvalue weighted by molar-refractivity contribution is 0.0869. The third-order valence-corrected chi connectivity index (χ3v) is 6.54. The number of hydrogen-bond donors (Lipinski definition) is 3. The average Bonchev–Trinajstić information content (AvgIpc) is 3.05. The number of nitrogens with zero attached hydrogens (tertiary/aromatic N) is 2. The van der Waals surface area contributed by atoms with Crippen LogP contribution in [0.2, 0.25) is 5.02 Å². The maximum absolute atomic E-state index is 13.4. The summed E-state index contributed by atoms with van der Waals surface area (Å²) in [6, 6.07) is 18.4. The van der Waals surface area contributed by atoms with Gasteiger partial charge in [-0.05, 0) is 73.8 Å². The Morgan fingerprint density at radius 2 is 1.63 bits per heavy atom. The van der Waals surface area contributed by atoms with E-state index < -0.39 is 6.10 Å². The summed E-state index contributed by atoms with van der Waals surface area (Å²) in [4.78, 5) is 19.2. The number of amides is 1. The van der Waals surface area contributed by atoms with Gasteiger partial charge in [0.05, 0.1) is 11.7 Å². The van der Waals surface area contributed by atoms with Crippen LogP contribution in [0.25, 0.3) is 10.8 Å². The molecule has 228 valence electrons. The lowest BCUT2D eigenvalue weighted by Gasteiger charge is -2.22. The maximum Gasteiger partial charge on any atom is 0.251 e. The van der Waals surface area contributed by atoms with Gasteiger partial charge in [-0.15, -0.1) is 0 Å². The summed E-state index contributed by atoms with van der Waals surface area (Å²) >= 11 is 6.28. The van der Waals surface area contributed by atoms with Gasteiger partial charge in [0, 0.05) is 51.9 Å². The van der Waals surface area contributed by atoms with Gasteiger partial charge in [-0.1, -0.05) is 71.1 Å². The standard InChI is InChI=1S/C31H30ClFN4O2.2C2H6/c1-3-37(4-2)20-27(38)19-35-31(39)22-8-5-21(6-9-22)7-16-28-29-17-24(32)11-10-23(29)18-34-30(28)36-26-14-12-25(33)13-15-26;2*1-2/h5-6,8-15,17-18,27,38H,3-4,19-20H2,1-2H3,(H,34,36)(H,35,39);2*1-2H3. The molecule has 0 spiro atoms. The van der Waals surface area contributed by atoms with Gasteiger partial charge in [-0.25, -0.2) is 9.37 Å². The van der Waals surface area contributed by atoms with Crippen LogP contribution in [0, 0.1) is 17.7 Å². The van der Waals surface area contributed by atoms with E-state index in [0.717, 1.165) is 23.9 Å². The van der Waals surface area contributed by atoms with Crippen LogP contribution < -0.4 is 10.6 Å². The summed E-state index contributed by atoms with van der Waals surface area (Å²) in [6.07, 6.45) is 1.09. The molecule has 0 aliphatic heterocycles. The lowest BCUT2D eigenvalue weighted by atomic mass is 10.1. The molecule has 6 nitrogen and oxygen atoms in total. The van der Waals surface area contributed by atoms with Crippen molar-refractivity contribution >= 4 is 39.8 Å². The Labute approximate surface area is 260 Å². The first kappa shape index (κ1) is 35.2. The van der Waals surface area contributed by atoms with Crippen LogP contribution >= 0.6 is 11.6 Å². The van der Waals surface area contributed by atoms with Crippen molar-refractivity contribution in [3.05, 3.63) is 100 Å². The van der Waals surface area contributed by atoms with E-state index in [1.165, 1.54) is 12.1 Å². The molecule has 43 heavy (non-hydrogen) atoms. The van der Waals surface area contributed by atoms with Crippen molar-refractivity contribution in [3.8, 4) is 11.8 Å². The minimum Gasteiger partial charge on any atom is -0.390 e. The molecule has 0 saturated carbocycles. The zero-order chi connectivity index (χ0) is 31.8. The second kappa shape index (κ2) is 18.6. The van der Waals surface area contributed by atoms with Crippen molar-refractivity contribution in [2.75, 3.05) is 31.5 Å². The van der Waals surface area contributed by atoms with Gasteiger partial charge >= 0.3 is 0 Å². The van der Waals surface area contributed by atoms with Gasteiger partial charge in [-0.2, -0.15) is 0 Å². The van der Waals surface area contributed by atoms with Gasteiger partial charge in [0.25, 0.3) is 5.91 Å². The molecule has 0 bridgehead atoms. The minimum atomic E-state index is -0.639. The summed E-state index contributed by atoms with van der Waals surface area (Å²) in [5.74, 6) is 6.28. The highest BCUT2D eigenvalue weighted by molar-refractivity contribution is 6.31. The van der Waals surface area contributed by atoms with Gasteiger partial charge in [0.2, 0.25) is 0 Å². The molecule has 0 aliphatic rings. The Kier molecular flexibility index (Phi) is 15.2. The number of anilines is 2. The molecule has 0 fully saturated rings. The van der Waals surface area contributed by atoms with Crippen molar-refractivity contribution in [2.45, 2.75) is 47.6 Å². The molecular weight excluding hydrogens is 563 g/mol. The predicted molar refractivity (Wildman–Crippen MR) is 178 cm³/mol. The van der Waals surface area contributed by atoms with Crippen molar-refractivity contribution in [1.82, 2.24) is 15.2 Å². The van der Waals surface area contributed by atoms with Gasteiger partial charge < -0.3 is 20.6 Å². The summed E-state index contributed by atoms with van der Waals surface area (Å²) < 4.78 is 13.4. The van der Waals surface area contributed by atoms with Crippen LogP contribution in [-0.4, -0.2) is 53.2 Å². The molecule has 1 heterocycles. The third kappa shape index (κ3) is 10.7. The second-order valence-corrected chi connectivity index (χ2v) is 9.46. The average molecular weight is 605 g/mol. The molecule has 1 aromatic heterocycles. The molecule has 1 atom stereocenters. The molecule has 4 rings (SSSR count). The Hall–Kier alpha value is -3.96. The van der Waals surface area contributed by atoms with Crippen LogP contribution in [-0.2, 0) is 0 Å². The van der Waals surface area contributed by atoms with Crippen molar-refractivity contribution in [2.24, 2.45) is 0 Å². The largest absolute Gasteiger partial charge is 0.390 e. The quantitative estimate of drug-likeness (QED) is 0.171. The number of rotatable bonds is 9. The van der Waals surface area contributed by atoms with Crippen molar-refractivity contribution < 1.29 is 14.3 Å². The smallest absolute Gasteiger partial charge is 0.251 e. The predicted octanol–water partition coefficient (Wildman–Crippen LogP) is 7.66. The fourth-order valence-corrected chi connectivity index (χ4v) is 4.24. The summed E-state index contributed by atoms with van der Waals surface area (Å²) in [5.41, 5.74) is 2.50. The van der Waals surface area contributed by atoms with E-state index in [2.05, 4.69) is 32.4 Å². The number of pyridine rings is 1. The Morgan fingerprint density at radius 3 is 2.26 bits per heavy atom. The first-order chi connectivity index (χ1) is 20.9. The number of likely N-dealkylation sites (N-methyl/N-ethyl adjacent to an activating group) is 1. The van der Waals surface area contributed by atoms with E-state index >= 15 is 0 Å². The topological polar surface area (TPSA) is 77.5 Å². The number of aromatic nitrogens is 1. The first-order valence-corrected chi connectivity index (χ1v) is 15.2. The summed E-state index contributed by atoms with van der Waals surface area (Å²) in [6.45, 7) is 14.4. The number of nitrogens with one attached hydrogen (secondary N) is 2. The lowest BCUT2D eigenvalue weighted by Crippen LogP contribution is -2.40. The maximum atomic E-state index is 13.4. The number of aliphatic hydroxyl groups is 1. The van der Waals surface area contributed by atoms with E-state index in [1.54, 1.807) is 48.7 Å². The van der Waals surface area contributed by atoms with Crippen LogP contribution in [0.15, 0.2) is 72.9 Å². The van der Waals surface area contributed by atoms with Gasteiger partial charge in [0.15, 0.2) is 0 Å². The zero-order valence-electron chi connectivity index (χ0n) is 25.8.